The highest BCUT2D eigenvalue weighted by Crippen LogP contribution is 2.12. The molecule has 1 amide bonds. The molecule has 2 N–H and O–H groups in total. The van der Waals surface area contributed by atoms with Crippen LogP contribution in [0, 0.1) is 11.8 Å². The topological polar surface area (TPSA) is 44.4 Å². The van der Waals surface area contributed by atoms with E-state index < -0.39 is 0 Å². The molecule has 1 rings (SSSR count). The van der Waals surface area contributed by atoms with Crippen LogP contribution in [0.2, 0.25) is 0 Å². The van der Waals surface area contributed by atoms with Gasteiger partial charge in [-0.15, -0.1) is 0 Å². The van der Waals surface area contributed by atoms with Gasteiger partial charge in [-0.2, -0.15) is 0 Å². The Labute approximate surface area is 111 Å². The molecule has 1 saturated heterocycles. The quantitative estimate of drug-likeness (QED) is 0.715. The Morgan fingerprint density at radius 1 is 1.44 bits per heavy atom. The van der Waals surface area contributed by atoms with Gasteiger partial charge >= 0.3 is 0 Å². The van der Waals surface area contributed by atoms with Gasteiger partial charge in [0, 0.05) is 19.0 Å². The maximum Gasteiger partial charge on any atom is 0.220 e. The van der Waals surface area contributed by atoms with Crippen molar-refractivity contribution in [3.63, 3.8) is 0 Å². The summed E-state index contributed by atoms with van der Waals surface area (Å²) in [6.45, 7) is 7.28. The number of hydrogen-bond donors (Lipinski definition) is 2. The first kappa shape index (κ1) is 15.4. The summed E-state index contributed by atoms with van der Waals surface area (Å²) in [4.78, 5) is 14.1. The molecule has 1 fully saturated rings. The molecule has 0 spiro atoms. The molecule has 0 radical (unpaired) electrons. The lowest BCUT2D eigenvalue weighted by molar-refractivity contribution is -0.122. The summed E-state index contributed by atoms with van der Waals surface area (Å²) in [6.07, 6.45) is 2.93. The van der Waals surface area contributed by atoms with Crippen molar-refractivity contribution in [2.24, 2.45) is 11.8 Å². The van der Waals surface area contributed by atoms with Gasteiger partial charge in [0.25, 0.3) is 0 Å². The number of rotatable bonds is 7. The Bertz CT molecular complexity index is 247. The minimum atomic E-state index is 0.208. The normalized spacial score (nSPS) is 21.6. The smallest absolute Gasteiger partial charge is 0.220 e. The van der Waals surface area contributed by atoms with E-state index in [0.717, 1.165) is 32.5 Å². The van der Waals surface area contributed by atoms with Crippen LogP contribution >= 0.6 is 0 Å². The third kappa shape index (κ3) is 5.83. The maximum atomic E-state index is 11.9. The van der Waals surface area contributed by atoms with E-state index >= 15 is 0 Å². The van der Waals surface area contributed by atoms with E-state index in [9.17, 15) is 4.79 Å². The minimum Gasteiger partial charge on any atom is -0.355 e. The molecular weight excluding hydrogens is 226 g/mol. The van der Waals surface area contributed by atoms with E-state index in [4.69, 9.17) is 0 Å². The standard InChI is InChI=1S/C14H29N3O/c1-11(2)7-13(17(3)4)10-16-14(18)8-12-5-6-15-9-12/h11-13,15H,5-10H2,1-4H3,(H,16,18). The number of nitrogens with zero attached hydrogens (tertiary/aromatic N) is 1. The molecule has 1 heterocycles. The molecule has 0 aromatic heterocycles. The predicted molar refractivity (Wildman–Crippen MR) is 75.5 cm³/mol. The monoisotopic (exact) mass is 255 g/mol. The summed E-state index contributed by atoms with van der Waals surface area (Å²) in [5.41, 5.74) is 0. The van der Waals surface area contributed by atoms with Crippen LogP contribution in [0.15, 0.2) is 0 Å². The van der Waals surface area contributed by atoms with Gasteiger partial charge in [-0.05, 0) is 51.9 Å². The third-order valence-electron chi connectivity index (χ3n) is 3.65. The van der Waals surface area contributed by atoms with Crippen molar-refractivity contribution >= 4 is 5.91 Å². The Morgan fingerprint density at radius 2 is 2.17 bits per heavy atom. The zero-order chi connectivity index (χ0) is 13.5. The van der Waals surface area contributed by atoms with Crippen LogP contribution in [-0.4, -0.2) is 50.6 Å². The van der Waals surface area contributed by atoms with Gasteiger partial charge in [-0.25, -0.2) is 0 Å². The number of carbonyl (C=O) groups excluding carboxylic acids is 1. The van der Waals surface area contributed by atoms with Crippen molar-refractivity contribution in [3.05, 3.63) is 0 Å². The number of hydrogen-bond acceptors (Lipinski definition) is 3. The van der Waals surface area contributed by atoms with E-state index in [-0.39, 0.29) is 5.91 Å². The Hall–Kier alpha value is -0.610. The minimum absolute atomic E-state index is 0.208. The number of likely N-dealkylation sites (N-methyl/N-ethyl adjacent to an activating group) is 1. The van der Waals surface area contributed by atoms with Crippen molar-refractivity contribution in [2.75, 3.05) is 33.7 Å². The van der Waals surface area contributed by atoms with Gasteiger partial charge in [0.2, 0.25) is 5.91 Å². The summed E-state index contributed by atoms with van der Waals surface area (Å²) in [7, 11) is 4.17. The lowest BCUT2D eigenvalue weighted by Crippen LogP contribution is -2.41. The van der Waals surface area contributed by atoms with Crippen LogP contribution in [0.5, 0.6) is 0 Å². The first-order chi connectivity index (χ1) is 8.49. The van der Waals surface area contributed by atoms with E-state index in [1.807, 2.05) is 0 Å². The molecular formula is C14H29N3O. The molecule has 0 aromatic carbocycles. The fourth-order valence-electron chi connectivity index (χ4n) is 2.48. The van der Waals surface area contributed by atoms with E-state index in [1.54, 1.807) is 0 Å². The van der Waals surface area contributed by atoms with E-state index in [1.165, 1.54) is 0 Å². The zero-order valence-electron chi connectivity index (χ0n) is 12.3. The molecule has 18 heavy (non-hydrogen) atoms. The fourth-order valence-corrected chi connectivity index (χ4v) is 2.48. The van der Waals surface area contributed by atoms with Gasteiger partial charge in [-0.1, -0.05) is 13.8 Å². The molecule has 2 atom stereocenters. The highest BCUT2D eigenvalue weighted by molar-refractivity contribution is 5.76. The van der Waals surface area contributed by atoms with Crippen LogP contribution < -0.4 is 10.6 Å². The van der Waals surface area contributed by atoms with Gasteiger partial charge in [0.05, 0.1) is 0 Å². The molecule has 0 aliphatic carbocycles. The van der Waals surface area contributed by atoms with Crippen molar-refractivity contribution < 1.29 is 4.79 Å². The highest BCUT2D eigenvalue weighted by atomic mass is 16.1. The average molecular weight is 255 g/mol. The lowest BCUT2D eigenvalue weighted by Gasteiger charge is -2.26. The highest BCUT2D eigenvalue weighted by Gasteiger charge is 2.19. The Balaban J connectivity index is 2.25. The van der Waals surface area contributed by atoms with E-state index in [0.29, 0.717) is 24.3 Å². The van der Waals surface area contributed by atoms with Crippen molar-refractivity contribution in [1.82, 2.24) is 15.5 Å². The van der Waals surface area contributed by atoms with E-state index in [2.05, 4.69) is 43.5 Å². The number of amides is 1. The summed E-state index contributed by atoms with van der Waals surface area (Å²) in [5.74, 6) is 1.40. The van der Waals surface area contributed by atoms with Crippen molar-refractivity contribution in [2.45, 2.75) is 39.2 Å². The Morgan fingerprint density at radius 3 is 2.67 bits per heavy atom. The molecule has 1 aliphatic heterocycles. The predicted octanol–water partition coefficient (Wildman–Crippen LogP) is 1.08. The van der Waals surface area contributed by atoms with Crippen molar-refractivity contribution in [1.29, 1.82) is 0 Å². The van der Waals surface area contributed by atoms with Crippen LogP contribution in [0.25, 0.3) is 0 Å². The second kappa shape index (κ2) is 7.74. The maximum absolute atomic E-state index is 11.9. The van der Waals surface area contributed by atoms with Gasteiger partial charge in [-0.3, -0.25) is 4.79 Å². The summed E-state index contributed by atoms with van der Waals surface area (Å²) in [6, 6.07) is 0.440. The molecule has 4 nitrogen and oxygen atoms in total. The van der Waals surface area contributed by atoms with Crippen LogP contribution in [0.4, 0.5) is 0 Å². The Kier molecular flexibility index (Phi) is 6.65. The summed E-state index contributed by atoms with van der Waals surface area (Å²) in [5, 5.41) is 6.39. The largest absolute Gasteiger partial charge is 0.355 e. The molecule has 106 valence electrons. The summed E-state index contributed by atoms with van der Waals surface area (Å²) >= 11 is 0. The first-order valence-corrected chi connectivity index (χ1v) is 7.13. The zero-order valence-corrected chi connectivity index (χ0v) is 12.3. The molecule has 0 bridgehead atoms. The molecule has 2 unspecified atom stereocenters. The second-order valence-corrected chi connectivity index (χ2v) is 6.11. The van der Waals surface area contributed by atoms with Gasteiger partial charge in [0.15, 0.2) is 0 Å². The van der Waals surface area contributed by atoms with Crippen LogP contribution in [0.3, 0.4) is 0 Å². The lowest BCUT2D eigenvalue weighted by atomic mass is 10.0. The third-order valence-corrected chi connectivity index (χ3v) is 3.65. The van der Waals surface area contributed by atoms with Crippen LogP contribution in [-0.2, 0) is 4.79 Å². The first-order valence-electron chi connectivity index (χ1n) is 7.13. The fraction of sp³-hybridized carbons (Fsp3) is 0.929. The summed E-state index contributed by atoms with van der Waals surface area (Å²) < 4.78 is 0. The molecule has 4 heteroatoms. The second-order valence-electron chi connectivity index (χ2n) is 6.11. The van der Waals surface area contributed by atoms with Gasteiger partial charge in [0.1, 0.15) is 0 Å². The molecule has 0 saturated carbocycles. The molecule has 0 aromatic rings. The van der Waals surface area contributed by atoms with Crippen LogP contribution in [0.1, 0.15) is 33.1 Å². The number of nitrogens with one attached hydrogen (secondary N) is 2. The molecule has 1 aliphatic rings. The number of carbonyl (C=O) groups is 1. The average Bonchev–Trinajstić information content (AvgIpc) is 2.76. The van der Waals surface area contributed by atoms with Gasteiger partial charge < -0.3 is 15.5 Å². The van der Waals surface area contributed by atoms with Crippen molar-refractivity contribution in [3.8, 4) is 0 Å². The SMILES string of the molecule is CC(C)CC(CNC(=O)CC1CCNC1)N(C)C.